The van der Waals surface area contributed by atoms with Gasteiger partial charge in [-0.25, -0.2) is 0 Å². The van der Waals surface area contributed by atoms with E-state index in [9.17, 15) is 0 Å². The van der Waals surface area contributed by atoms with Crippen LogP contribution in [0.1, 0.15) is 26.2 Å². The third kappa shape index (κ3) is 3.63. The second kappa shape index (κ2) is 5.65. The van der Waals surface area contributed by atoms with Gasteiger partial charge in [0.1, 0.15) is 0 Å². The van der Waals surface area contributed by atoms with E-state index in [4.69, 9.17) is 5.11 Å². The minimum Gasteiger partial charge on any atom is -0.396 e. The van der Waals surface area contributed by atoms with Gasteiger partial charge in [-0.3, -0.25) is 0 Å². The maximum atomic E-state index is 8.83. The van der Waals surface area contributed by atoms with Crippen LogP contribution >= 0.6 is 11.8 Å². The molecule has 12 heavy (non-hydrogen) atoms. The maximum absolute atomic E-state index is 8.83. The van der Waals surface area contributed by atoms with Crippen molar-refractivity contribution in [3.63, 3.8) is 0 Å². The summed E-state index contributed by atoms with van der Waals surface area (Å²) in [6, 6.07) is 0. The van der Waals surface area contributed by atoms with Crippen LogP contribution < -0.4 is 0 Å². The van der Waals surface area contributed by atoms with Crippen molar-refractivity contribution in [2.45, 2.75) is 31.4 Å². The molecule has 1 N–H and O–H groups in total. The van der Waals surface area contributed by atoms with E-state index in [1.165, 1.54) is 19.3 Å². The van der Waals surface area contributed by atoms with Crippen molar-refractivity contribution in [3.05, 3.63) is 12.2 Å². The second-order valence-electron chi connectivity index (χ2n) is 3.52. The van der Waals surface area contributed by atoms with Crippen LogP contribution in [0.2, 0.25) is 0 Å². The summed E-state index contributed by atoms with van der Waals surface area (Å²) in [6.45, 7) is 2.42. The van der Waals surface area contributed by atoms with E-state index in [1.807, 2.05) is 11.8 Å². The minimum absolute atomic E-state index is 0.323. The third-order valence-corrected chi connectivity index (χ3v) is 3.70. The molecular formula is C10H18OS. The van der Waals surface area contributed by atoms with E-state index in [0.29, 0.717) is 17.8 Å². The van der Waals surface area contributed by atoms with Crippen molar-refractivity contribution in [1.29, 1.82) is 0 Å². The molecule has 2 atom stereocenters. The normalized spacial score (nSPS) is 25.7. The van der Waals surface area contributed by atoms with Crippen LogP contribution in [-0.4, -0.2) is 22.7 Å². The first kappa shape index (κ1) is 10.1. The number of thioether (sulfide) groups is 1. The molecule has 0 saturated carbocycles. The van der Waals surface area contributed by atoms with Crippen molar-refractivity contribution in [3.8, 4) is 0 Å². The summed E-state index contributed by atoms with van der Waals surface area (Å²) >= 11 is 1.98. The highest BCUT2D eigenvalue weighted by atomic mass is 32.2. The lowest BCUT2D eigenvalue weighted by Gasteiger charge is -2.17. The molecule has 0 aromatic carbocycles. The monoisotopic (exact) mass is 186 g/mol. The molecule has 1 nitrogen and oxygen atoms in total. The highest BCUT2D eigenvalue weighted by molar-refractivity contribution is 8.00. The van der Waals surface area contributed by atoms with Gasteiger partial charge in [-0.15, -0.1) is 0 Å². The van der Waals surface area contributed by atoms with Crippen LogP contribution in [0.25, 0.3) is 0 Å². The number of aliphatic hydroxyl groups excluding tert-OH is 1. The number of rotatable bonds is 4. The van der Waals surface area contributed by atoms with E-state index in [2.05, 4.69) is 19.1 Å². The standard InChI is InChI=1S/C10H18OS/c1-9(7-11)8-12-10-5-3-2-4-6-10/h3,5,9-11H,2,4,6-8H2,1H3. The highest BCUT2D eigenvalue weighted by Gasteiger charge is 2.10. The summed E-state index contributed by atoms with van der Waals surface area (Å²) in [5, 5.41) is 9.55. The maximum Gasteiger partial charge on any atom is 0.0464 e. The molecule has 0 amide bonds. The minimum atomic E-state index is 0.323. The highest BCUT2D eigenvalue weighted by Crippen LogP contribution is 2.24. The van der Waals surface area contributed by atoms with Gasteiger partial charge in [0.25, 0.3) is 0 Å². The fraction of sp³-hybridized carbons (Fsp3) is 0.800. The first-order valence-corrected chi connectivity index (χ1v) is 5.77. The molecule has 1 rings (SSSR count). The third-order valence-electron chi connectivity index (χ3n) is 2.12. The molecule has 2 unspecified atom stereocenters. The van der Waals surface area contributed by atoms with E-state index < -0.39 is 0 Å². The number of allylic oxidation sites excluding steroid dienone is 1. The summed E-state index contributed by atoms with van der Waals surface area (Å²) < 4.78 is 0. The Hall–Kier alpha value is 0.0500. The molecule has 2 heteroatoms. The summed E-state index contributed by atoms with van der Waals surface area (Å²) in [4.78, 5) is 0. The van der Waals surface area contributed by atoms with Gasteiger partial charge in [-0.2, -0.15) is 11.8 Å². The molecule has 0 heterocycles. The van der Waals surface area contributed by atoms with Crippen LogP contribution in [0, 0.1) is 5.92 Å². The average molecular weight is 186 g/mol. The van der Waals surface area contributed by atoms with Crippen molar-refractivity contribution in [2.24, 2.45) is 5.92 Å². The number of aliphatic hydroxyl groups is 1. The molecule has 0 aromatic heterocycles. The van der Waals surface area contributed by atoms with E-state index in [-0.39, 0.29) is 0 Å². The van der Waals surface area contributed by atoms with Gasteiger partial charge in [0.15, 0.2) is 0 Å². The Kier molecular flexibility index (Phi) is 4.77. The predicted octanol–water partition coefficient (Wildman–Crippen LogP) is 2.46. The summed E-state index contributed by atoms with van der Waals surface area (Å²) in [6.07, 6.45) is 8.51. The molecule has 0 fully saturated rings. The number of hydrogen-bond donors (Lipinski definition) is 1. The Bertz CT molecular complexity index is 145. The quantitative estimate of drug-likeness (QED) is 0.681. The van der Waals surface area contributed by atoms with Crippen LogP contribution in [0.4, 0.5) is 0 Å². The molecule has 0 aliphatic heterocycles. The predicted molar refractivity (Wildman–Crippen MR) is 55.5 cm³/mol. The Morgan fingerprint density at radius 1 is 1.67 bits per heavy atom. The van der Waals surface area contributed by atoms with Crippen LogP contribution in [-0.2, 0) is 0 Å². The zero-order valence-electron chi connectivity index (χ0n) is 7.70. The van der Waals surface area contributed by atoms with Crippen molar-refractivity contribution in [2.75, 3.05) is 12.4 Å². The lowest BCUT2D eigenvalue weighted by atomic mass is 10.1. The lowest BCUT2D eigenvalue weighted by molar-refractivity contribution is 0.250. The lowest BCUT2D eigenvalue weighted by Crippen LogP contribution is -2.09. The zero-order chi connectivity index (χ0) is 8.81. The SMILES string of the molecule is CC(CO)CSC1C=CCCC1. The smallest absolute Gasteiger partial charge is 0.0464 e. The molecule has 1 aliphatic rings. The van der Waals surface area contributed by atoms with Crippen molar-refractivity contribution < 1.29 is 5.11 Å². The molecule has 0 spiro atoms. The molecule has 1 aliphatic carbocycles. The first-order valence-electron chi connectivity index (χ1n) is 4.72. The summed E-state index contributed by atoms with van der Waals surface area (Å²) in [7, 11) is 0. The Balaban J connectivity index is 2.13. The zero-order valence-corrected chi connectivity index (χ0v) is 8.52. The van der Waals surface area contributed by atoms with Gasteiger partial charge >= 0.3 is 0 Å². The molecule has 70 valence electrons. The topological polar surface area (TPSA) is 20.2 Å². The molecule has 0 saturated heterocycles. The van der Waals surface area contributed by atoms with Crippen LogP contribution in [0.3, 0.4) is 0 Å². The van der Waals surface area contributed by atoms with Gasteiger partial charge in [0, 0.05) is 11.9 Å². The first-order chi connectivity index (χ1) is 5.83. The van der Waals surface area contributed by atoms with Gasteiger partial charge in [-0.05, 0) is 30.9 Å². The largest absolute Gasteiger partial charge is 0.396 e. The molecule has 0 radical (unpaired) electrons. The Morgan fingerprint density at radius 2 is 2.50 bits per heavy atom. The molecule has 0 aromatic rings. The van der Waals surface area contributed by atoms with Gasteiger partial charge in [0.2, 0.25) is 0 Å². The van der Waals surface area contributed by atoms with E-state index >= 15 is 0 Å². The van der Waals surface area contributed by atoms with E-state index in [0.717, 1.165) is 5.75 Å². The summed E-state index contributed by atoms with van der Waals surface area (Å²) in [5.41, 5.74) is 0. The average Bonchev–Trinajstić information content (AvgIpc) is 2.16. The Labute approximate surface area is 79.2 Å². The van der Waals surface area contributed by atoms with Crippen LogP contribution in [0.5, 0.6) is 0 Å². The fourth-order valence-electron chi connectivity index (χ4n) is 1.26. The Morgan fingerprint density at radius 3 is 3.08 bits per heavy atom. The van der Waals surface area contributed by atoms with Crippen LogP contribution in [0.15, 0.2) is 12.2 Å². The van der Waals surface area contributed by atoms with Gasteiger partial charge in [0.05, 0.1) is 0 Å². The van der Waals surface area contributed by atoms with Crippen molar-refractivity contribution >= 4 is 11.8 Å². The van der Waals surface area contributed by atoms with Gasteiger partial charge < -0.3 is 5.11 Å². The summed E-state index contributed by atoms with van der Waals surface area (Å²) in [5.74, 6) is 1.54. The molecular weight excluding hydrogens is 168 g/mol. The van der Waals surface area contributed by atoms with Crippen molar-refractivity contribution in [1.82, 2.24) is 0 Å². The molecule has 0 bridgehead atoms. The second-order valence-corrected chi connectivity index (χ2v) is 4.79. The fourth-order valence-corrected chi connectivity index (χ4v) is 2.50. The number of hydrogen-bond acceptors (Lipinski definition) is 2. The van der Waals surface area contributed by atoms with E-state index in [1.54, 1.807) is 0 Å². The van der Waals surface area contributed by atoms with Gasteiger partial charge in [-0.1, -0.05) is 19.1 Å².